The lowest BCUT2D eigenvalue weighted by atomic mass is 10.0. The Morgan fingerprint density at radius 2 is 1.67 bits per heavy atom. The zero-order chi connectivity index (χ0) is 20.2. The quantitative estimate of drug-likeness (QED) is 0.303. The lowest BCUT2D eigenvalue weighted by molar-refractivity contribution is 0.0996. The van der Waals surface area contributed by atoms with Crippen molar-refractivity contribution in [2.24, 2.45) is 0 Å². The molecule has 0 N–H and O–H groups in total. The maximum Gasteiger partial charge on any atom is 0.258 e. The molecular formula is C25H15BrN2O2. The Morgan fingerprint density at radius 1 is 0.867 bits per heavy atom. The first-order valence-electron chi connectivity index (χ1n) is 9.67. The van der Waals surface area contributed by atoms with E-state index in [1.54, 1.807) is 4.90 Å². The number of oxazole rings is 1. The molecule has 0 bridgehead atoms. The molecule has 1 aromatic heterocycles. The number of halogens is 1. The van der Waals surface area contributed by atoms with Gasteiger partial charge < -0.3 is 9.32 Å². The zero-order valence-electron chi connectivity index (χ0n) is 15.8. The van der Waals surface area contributed by atoms with Crippen molar-refractivity contribution in [3.05, 3.63) is 94.5 Å². The molecule has 1 aliphatic heterocycles. The molecule has 1 amide bonds. The molecule has 4 nitrogen and oxygen atoms in total. The van der Waals surface area contributed by atoms with E-state index < -0.39 is 0 Å². The fourth-order valence-corrected chi connectivity index (χ4v) is 4.62. The van der Waals surface area contributed by atoms with E-state index in [9.17, 15) is 4.79 Å². The molecule has 0 fully saturated rings. The number of aromatic nitrogens is 1. The summed E-state index contributed by atoms with van der Waals surface area (Å²) in [5.74, 6) is 0.592. The van der Waals surface area contributed by atoms with Crippen LogP contribution in [0, 0.1) is 0 Å². The summed E-state index contributed by atoms with van der Waals surface area (Å²) < 4.78 is 7.11. The van der Waals surface area contributed by atoms with Gasteiger partial charge in [-0.25, -0.2) is 4.98 Å². The molecule has 0 saturated heterocycles. The lowest BCUT2D eigenvalue weighted by Crippen LogP contribution is -2.22. The van der Waals surface area contributed by atoms with Gasteiger partial charge in [-0.2, -0.15) is 0 Å². The fourth-order valence-electron chi connectivity index (χ4n) is 4.12. The van der Waals surface area contributed by atoms with Crippen molar-refractivity contribution >= 4 is 49.4 Å². The average Bonchev–Trinajstić information content (AvgIpc) is 3.34. The van der Waals surface area contributed by atoms with Crippen LogP contribution in [0.4, 0.5) is 5.69 Å². The van der Waals surface area contributed by atoms with E-state index in [0.717, 1.165) is 43.1 Å². The molecule has 6 rings (SSSR count). The van der Waals surface area contributed by atoms with Crippen LogP contribution in [-0.4, -0.2) is 10.9 Å². The number of carbonyl (C=O) groups is 1. The van der Waals surface area contributed by atoms with Gasteiger partial charge in [0.05, 0.1) is 6.54 Å². The second kappa shape index (κ2) is 6.54. The monoisotopic (exact) mass is 454 g/mol. The third-order valence-electron chi connectivity index (χ3n) is 5.60. The van der Waals surface area contributed by atoms with Crippen molar-refractivity contribution in [1.82, 2.24) is 4.98 Å². The summed E-state index contributed by atoms with van der Waals surface area (Å²) in [7, 11) is 0. The van der Waals surface area contributed by atoms with Gasteiger partial charge in [0.15, 0.2) is 5.58 Å². The number of nitrogens with zero attached hydrogens (tertiary/aromatic N) is 2. The molecule has 0 aliphatic carbocycles. The first-order chi connectivity index (χ1) is 14.7. The van der Waals surface area contributed by atoms with Gasteiger partial charge in [-0.3, -0.25) is 4.79 Å². The van der Waals surface area contributed by atoms with Gasteiger partial charge >= 0.3 is 0 Å². The Labute approximate surface area is 180 Å². The summed E-state index contributed by atoms with van der Waals surface area (Å²) in [5.41, 5.74) is 5.01. The van der Waals surface area contributed by atoms with Crippen molar-refractivity contribution in [3.63, 3.8) is 0 Å². The molecule has 0 radical (unpaired) electrons. The Bertz CT molecular complexity index is 1470. The Balaban J connectivity index is 1.44. The summed E-state index contributed by atoms with van der Waals surface area (Å²) in [6.07, 6.45) is 0. The zero-order valence-corrected chi connectivity index (χ0v) is 17.4. The molecule has 5 aromatic rings. The van der Waals surface area contributed by atoms with E-state index in [0.29, 0.717) is 18.0 Å². The van der Waals surface area contributed by atoms with Crippen molar-refractivity contribution in [2.45, 2.75) is 6.54 Å². The number of hydrogen-bond acceptors (Lipinski definition) is 3. The Kier molecular flexibility index (Phi) is 3.80. The average molecular weight is 455 g/mol. The Morgan fingerprint density at radius 3 is 2.57 bits per heavy atom. The molecule has 0 spiro atoms. The van der Waals surface area contributed by atoms with Crippen LogP contribution in [0.25, 0.3) is 33.3 Å². The molecule has 1 aliphatic rings. The smallest absolute Gasteiger partial charge is 0.258 e. The van der Waals surface area contributed by atoms with Crippen LogP contribution in [0.2, 0.25) is 0 Å². The number of amides is 1. The predicted octanol–water partition coefficient (Wildman–Crippen LogP) is 6.57. The second-order valence-corrected chi connectivity index (χ2v) is 8.21. The number of anilines is 1. The number of hydrogen-bond donors (Lipinski definition) is 0. The van der Waals surface area contributed by atoms with Gasteiger partial charge in [0.2, 0.25) is 5.89 Å². The van der Waals surface area contributed by atoms with Crippen LogP contribution in [0.1, 0.15) is 15.9 Å². The van der Waals surface area contributed by atoms with Crippen LogP contribution in [0.15, 0.2) is 87.8 Å². The van der Waals surface area contributed by atoms with Crippen molar-refractivity contribution in [2.75, 3.05) is 4.90 Å². The standard InChI is InChI=1S/C25H15BrN2O2/c26-21-10-4-7-18-19(21)8-3-9-20(18)24-27-22-13-16(11-12-23(22)30-24)28-14-15-5-1-2-6-17(15)25(28)29/h1-13H,14H2. The topological polar surface area (TPSA) is 46.3 Å². The van der Waals surface area contributed by atoms with Gasteiger partial charge in [-0.15, -0.1) is 0 Å². The molecule has 0 unspecified atom stereocenters. The minimum Gasteiger partial charge on any atom is -0.436 e. The van der Waals surface area contributed by atoms with E-state index >= 15 is 0 Å². The predicted molar refractivity (Wildman–Crippen MR) is 122 cm³/mol. The van der Waals surface area contributed by atoms with Crippen LogP contribution in [0.5, 0.6) is 0 Å². The molecule has 144 valence electrons. The van der Waals surface area contributed by atoms with Crippen LogP contribution >= 0.6 is 15.9 Å². The first-order valence-corrected chi connectivity index (χ1v) is 10.5. The van der Waals surface area contributed by atoms with E-state index in [2.05, 4.69) is 28.1 Å². The first kappa shape index (κ1) is 17.4. The largest absolute Gasteiger partial charge is 0.436 e. The van der Waals surface area contributed by atoms with E-state index in [1.165, 1.54) is 0 Å². The molecule has 30 heavy (non-hydrogen) atoms. The van der Waals surface area contributed by atoms with Gasteiger partial charge in [-0.05, 0) is 52.7 Å². The van der Waals surface area contributed by atoms with Crippen LogP contribution in [-0.2, 0) is 6.54 Å². The molecule has 5 heteroatoms. The van der Waals surface area contributed by atoms with E-state index in [1.807, 2.05) is 66.7 Å². The highest BCUT2D eigenvalue weighted by Gasteiger charge is 2.28. The summed E-state index contributed by atoms with van der Waals surface area (Å²) in [6, 6.07) is 25.7. The van der Waals surface area contributed by atoms with Gasteiger partial charge in [0.25, 0.3) is 5.91 Å². The molecular weight excluding hydrogens is 440 g/mol. The van der Waals surface area contributed by atoms with Crippen LogP contribution in [0.3, 0.4) is 0 Å². The molecule has 4 aromatic carbocycles. The molecule has 2 heterocycles. The lowest BCUT2D eigenvalue weighted by Gasteiger charge is -2.15. The van der Waals surface area contributed by atoms with Gasteiger partial charge in [0, 0.05) is 21.3 Å². The summed E-state index contributed by atoms with van der Waals surface area (Å²) in [6.45, 7) is 0.572. The molecule has 0 atom stereocenters. The third-order valence-corrected chi connectivity index (χ3v) is 6.29. The fraction of sp³-hybridized carbons (Fsp3) is 0.0400. The third kappa shape index (κ3) is 2.59. The summed E-state index contributed by atoms with van der Waals surface area (Å²) in [4.78, 5) is 19.4. The summed E-state index contributed by atoms with van der Waals surface area (Å²) in [5, 5.41) is 2.18. The Hall–Kier alpha value is -3.44. The van der Waals surface area contributed by atoms with Gasteiger partial charge in [-0.1, -0.05) is 58.4 Å². The normalized spacial score (nSPS) is 13.4. The SMILES string of the molecule is O=C1c2ccccc2CN1c1ccc2oc(-c3cccc4c(Br)cccc34)nc2c1. The maximum absolute atomic E-state index is 12.8. The van der Waals surface area contributed by atoms with Crippen molar-refractivity contribution < 1.29 is 9.21 Å². The highest BCUT2D eigenvalue weighted by Crippen LogP contribution is 2.35. The highest BCUT2D eigenvalue weighted by atomic mass is 79.9. The van der Waals surface area contributed by atoms with Crippen molar-refractivity contribution in [1.29, 1.82) is 0 Å². The highest BCUT2D eigenvalue weighted by molar-refractivity contribution is 9.10. The second-order valence-electron chi connectivity index (χ2n) is 7.36. The number of rotatable bonds is 2. The van der Waals surface area contributed by atoms with Crippen molar-refractivity contribution in [3.8, 4) is 11.5 Å². The van der Waals surface area contributed by atoms with E-state index in [4.69, 9.17) is 9.40 Å². The van der Waals surface area contributed by atoms with E-state index in [-0.39, 0.29) is 5.91 Å². The number of benzene rings is 4. The number of carbonyl (C=O) groups excluding carboxylic acids is 1. The maximum atomic E-state index is 12.8. The van der Waals surface area contributed by atoms with Crippen LogP contribution < -0.4 is 4.90 Å². The molecule has 0 saturated carbocycles. The minimum atomic E-state index is 0.0209. The summed E-state index contributed by atoms with van der Waals surface area (Å²) >= 11 is 3.61. The van der Waals surface area contributed by atoms with Gasteiger partial charge in [0.1, 0.15) is 5.52 Å². The number of fused-ring (bicyclic) bond motifs is 3. The minimum absolute atomic E-state index is 0.0209.